The van der Waals surface area contributed by atoms with Gasteiger partial charge in [0, 0.05) is 25.3 Å². The maximum atomic E-state index is 12.5. The number of carbonyl (C=O) groups excluding carboxylic acids is 1. The number of allylic oxidation sites excluding steroid dienone is 1. The highest BCUT2D eigenvalue weighted by molar-refractivity contribution is 5.93. The molecular weight excluding hydrogens is 290 g/mol. The van der Waals surface area contributed by atoms with Crippen LogP contribution in [0.1, 0.15) is 51.4 Å². The van der Waals surface area contributed by atoms with Crippen LogP contribution >= 0.6 is 0 Å². The van der Waals surface area contributed by atoms with E-state index < -0.39 is 0 Å². The minimum atomic E-state index is 0.272. The highest BCUT2D eigenvalue weighted by Gasteiger charge is 2.43. The number of ether oxygens (including phenoxy) is 2. The van der Waals surface area contributed by atoms with Gasteiger partial charge < -0.3 is 14.4 Å². The topological polar surface area (TPSA) is 38.8 Å². The molecule has 0 aromatic heterocycles. The van der Waals surface area contributed by atoms with E-state index in [4.69, 9.17) is 9.47 Å². The van der Waals surface area contributed by atoms with E-state index in [-0.39, 0.29) is 6.10 Å². The van der Waals surface area contributed by atoms with Crippen molar-refractivity contribution < 1.29 is 14.3 Å². The zero-order valence-corrected chi connectivity index (χ0v) is 14.1. The predicted octanol–water partition coefficient (Wildman–Crippen LogP) is 2.92. The van der Waals surface area contributed by atoms with Crippen molar-refractivity contribution >= 4 is 5.91 Å². The maximum Gasteiger partial charge on any atom is 0.249 e. The van der Waals surface area contributed by atoms with Gasteiger partial charge >= 0.3 is 0 Å². The van der Waals surface area contributed by atoms with Crippen LogP contribution in [0.3, 0.4) is 0 Å². The van der Waals surface area contributed by atoms with Gasteiger partial charge in [-0.25, -0.2) is 0 Å². The van der Waals surface area contributed by atoms with Crippen molar-refractivity contribution in [2.45, 2.75) is 57.5 Å². The number of nitrogens with zero attached hydrogens (tertiary/aromatic N) is 1. The van der Waals surface area contributed by atoms with E-state index in [9.17, 15) is 4.79 Å². The fourth-order valence-electron chi connectivity index (χ4n) is 4.25. The molecule has 2 saturated heterocycles. The van der Waals surface area contributed by atoms with Gasteiger partial charge in [-0.05, 0) is 62.7 Å². The van der Waals surface area contributed by atoms with Crippen LogP contribution in [0.5, 0.6) is 0 Å². The molecule has 1 spiro atoms. The standard InChI is InChI=1S/C19H29NO3/c21-18(16-3-1-2-4-16)20-9-7-19(8-10-20)11-17(23-14-19)13-22-12-15-5-6-15/h3,15,17H,1-2,4-14H2/t17-/m0/s1. The molecule has 1 atom stereocenters. The monoisotopic (exact) mass is 319 g/mol. The summed E-state index contributed by atoms with van der Waals surface area (Å²) in [6.07, 6.45) is 11.6. The van der Waals surface area contributed by atoms with Gasteiger partial charge in [-0.3, -0.25) is 4.79 Å². The largest absolute Gasteiger partial charge is 0.378 e. The van der Waals surface area contributed by atoms with Gasteiger partial charge in [0.25, 0.3) is 0 Å². The van der Waals surface area contributed by atoms with E-state index in [1.54, 1.807) is 0 Å². The van der Waals surface area contributed by atoms with E-state index >= 15 is 0 Å². The molecule has 4 nitrogen and oxygen atoms in total. The average molecular weight is 319 g/mol. The van der Waals surface area contributed by atoms with Crippen LogP contribution in [-0.2, 0) is 14.3 Å². The summed E-state index contributed by atoms with van der Waals surface area (Å²) in [4.78, 5) is 14.6. The molecule has 1 amide bonds. The van der Waals surface area contributed by atoms with Gasteiger partial charge in [0.05, 0.1) is 19.3 Å². The van der Waals surface area contributed by atoms with E-state index in [2.05, 4.69) is 11.0 Å². The third-order valence-electron chi connectivity index (χ3n) is 6.07. The molecule has 4 rings (SSSR count). The Hall–Kier alpha value is -0.870. The molecule has 1 saturated carbocycles. The molecule has 2 heterocycles. The first-order valence-corrected chi connectivity index (χ1v) is 9.42. The van der Waals surface area contributed by atoms with Gasteiger partial charge in [0.2, 0.25) is 5.91 Å². The van der Waals surface area contributed by atoms with Gasteiger partial charge in [0.15, 0.2) is 0 Å². The lowest BCUT2D eigenvalue weighted by atomic mass is 9.76. The Labute approximate surface area is 139 Å². The molecular formula is C19H29NO3. The van der Waals surface area contributed by atoms with Crippen molar-refractivity contribution in [3.8, 4) is 0 Å². The van der Waals surface area contributed by atoms with Gasteiger partial charge in [-0.2, -0.15) is 0 Å². The highest BCUT2D eigenvalue weighted by Crippen LogP contribution is 2.42. The Morgan fingerprint density at radius 1 is 1.30 bits per heavy atom. The highest BCUT2D eigenvalue weighted by atomic mass is 16.5. The summed E-state index contributed by atoms with van der Waals surface area (Å²) in [7, 11) is 0. The Bertz CT molecular complexity index is 475. The molecule has 0 bridgehead atoms. The number of hydrogen-bond acceptors (Lipinski definition) is 3. The first-order chi connectivity index (χ1) is 11.2. The number of rotatable bonds is 5. The lowest BCUT2D eigenvalue weighted by Gasteiger charge is -2.38. The quantitative estimate of drug-likeness (QED) is 0.782. The van der Waals surface area contributed by atoms with Crippen molar-refractivity contribution in [2.24, 2.45) is 11.3 Å². The second kappa shape index (κ2) is 6.56. The molecule has 0 N–H and O–H groups in total. The lowest BCUT2D eigenvalue weighted by molar-refractivity contribution is -0.129. The lowest BCUT2D eigenvalue weighted by Crippen LogP contribution is -2.44. The Balaban J connectivity index is 1.23. The fourth-order valence-corrected chi connectivity index (χ4v) is 4.25. The Morgan fingerprint density at radius 3 is 2.83 bits per heavy atom. The third kappa shape index (κ3) is 3.63. The molecule has 3 fully saturated rings. The summed E-state index contributed by atoms with van der Waals surface area (Å²) in [6.45, 7) is 4.33. The van der Waals surface area contributed by atoms with Crippen LogP contribution in [0.15, 0.2) is 11.6 Å². The first-order valence-electron chi connectivity index (χ1n) is 9.42. The molecule has 23 heavy (non-hydrogen) atoms. The molecule has 0 aromatic carbocycles. The third-order valence-corrected chi connectivity index (χ3v) is 6.07. The fraction of sp³-hybridized carbons (Fsp3) is 0.842. The summed E-state index contributed by atoms with van der Waals surface area (Å²) >= 11 is 0. The Morgan fingerprint density at radius 2 is 2.13 bits per heavy atom. The van der Waals surface area contributed by atoms with E-state index in [0.29, 0.717) is 11.3 Å². The van der Waals surface area contributed by atoms with Crippen molar-refractivity contribution in [1.82, 2.24) is 4.90 Å². The minimum absolute atomic E-state index is 0.272. The smallest absolute Gasteiger partial charge is 0.249 e. The zero-order chi connectivity index (χ0) is 15.7. The van der Waals surface area contributed by atoms with Crippen LogP contribution in [0.25, 0.3) is 0 Å². The summed E-state index contributed by atoms with van der Waals surface area (Å²) < 4.78 is 11.8. The van der Waals surface area contributed by atoms with Gasteiger partial charge in [0.1, 0.15) is 0 Å². The van der Waals surface area contributed by atoms with Crippen molar-refractivity contribution in [3.05, 3.63) is 11.6 Å². The second-order valence-corrected chi connectivity index (χ2v) is 8.03. The molecule has 4 heteroatoms. The van der Waals surface area contributed by atoms with Crippen molar-refractivity contribution in [1.29, 1.82) is 0 Å². The molecule has 4 aliphatic rings. The molecule has 0 unspecified atom stereocenters. The number of hydrogen-bond donors (Lipinski definition) is 0. The molecule has 2 aliphatic heterocycles. The summed E-state index contributed by atoms with van der Waals surface area (Å²) in [5.41, 5.74) is 1.35. The number of amides is 1. The van der Waals surface area contributed by atoms with Crippen molar-refractivity contribution in [2.75, 3.05) is 32.9 Å². The maximum absolute atomic E-state index is 12.5. The SMILES string of the molecule is O=C(C1=CCCC1)N1CCC2(CC1)CO[C@H](COCC1CC1)C2. The first kappa shape index (κ1) is 15.6. The zero-order valence-electron chi connectivity index (χ0n) is 14.1. The van der Waals surface area contributed by atoms with Gasteiger partial charge in [-0.15, -0.1) is 0 Å². The minimum Gasteiger partial charge on any atom is -0.378 e. The number of likely N-dealkylation sites (tertiary alicyclic amines) is 1. The molecule has 0 aromatic rings. The number of piperidine rings is 1. The summed E-state index contributed by atoms with van der Waals surface area (Å²) in [5.74, 6) is 1.12. The molecule has 0 radical (unpaired) electrons. The second-order valence-electron chi connectivity index (χ2n) is 8.03. The van der Waals surface area contributed by atoms with Gasteiger partial charge in [-0.1, -0.05) is 6.08 Å². The van der Waals surface area contributed by atoms with Crippen LogP contribution in [0, 0.1) is 11.3 Å². The average Bonchev–Trinajstić information content (AvgIpc) is 3.08. The predicted molar refractivity (Wildman–Crippen MR) is 88.1 cm³/mol. The van der Waals surface area contributed by atoms with Crippen LogP contribution in [0.2, 0.25) is 0 Å². The Kier molecular flexibility index (Phi) is 4.46. The van der Waals surface area contributed by atoms with Crippen LogP contribution in [0.4, 0.5) is 0 Å². The van der Waals surface area contributed by atoms with Crippen molar-refractivity contribution in [3.63, 3.8) is 0 Å². The van der Waals surface area contributed by atoms with E-state index in [1.165, 1.54) is 12.8 Å². The van der Waals surface area contributed by atoms with Crippen LogP contribution < -0.4 is 0 Å². The summed E-state index contributed by atoms with van der Waals surface area (Å²) in [6, 6.07) is 0. The molecule has 2 aliphatic carbocycles. The normalized spacial score (nSPS) is 30.0. The van der Waals surface area contributed by atoms with E-state index in [0.717, 1.165) is 82.9 Å². The molecule has 128 valence electrons. The van der Waals surface area contributed by atoms with E-state index in [1.807, 2.05) is 0 Å². The number of carbonyl (C=O) groups is 1. The van der Waals surface area contributed by atoms with Crippen LogP contribution in [-0.4, -0.2) is 49.8 Å². The summed E-state index contributed by atoms with van der Waals surface area (Å²) in [5, 5.41) is 0.